The summed E-state index contributed by atoms with van der Waals surface area (Å²) in [5.74, 6) is -1.27. The minimum atomic E-state index is -0.820. The highest BCUT2D eigenvalue weighted by Crippen LogP contribution is 2.42. The van der Waals surface area contributed by atoms with Crippen LogP contribution in [0.15, 0.2) is 48.0 Å². The van der Waals surface area contributed by atoms with Gasteiger partial charge in [-0.2, -0.15) is 0 Å². The lowest BCUT2D eigenvalue weighted by Crippen LogP contribution is -2.34. The van der Waals surface area contributed by atoms with E-state index in [2.05, 4.69) is 18.7 Å². The van der Waals surface area contributed by atoms with Gasteiger partial charge in [-0.25, -0.2) is 4.39 Å². The Balaban J connectivity index is 1.98. The average molecular weight is 527 g/mol. The van der Waals surface area contributed by atoms with Crippen molar-refractivity contribution in [3.8, 4) is 11.5 Å². The Kier molecular flexibility index (Phi) is 10.7. The van der Waals surface area contributed by atoms with Gasteiger partial charge in [-0.05, 0) is 80.9 Å². The first-order valence-corrected chi connectivity index (χ1v) is 13.3. The van der Waals surface area contributed by atoms with Gasteiger partial charge in [0.05, 0.1) is 25.8 Å². The van der Waals surface area contributed by atoms with Gasteiger partial charge in [0.1, 0.15) is 11.6 Å². The fourth-order valence-electron chi connectivity index (χ4n) is 4.81. The van der Waals surface area contributed by atoms with Crippen molar-refractivity contribution in [2.24, 2.45) is 0 Å². The van der Waals surface area contributed by atoms with E-state index in [0.717, 1.165) is 45.3 Å². The maximum atomic E-state index is 13.5. The van der Waals surface area contributed by atoms with Crippen LogP contribution in [0.2, 0.25) is 0 Å². The molecule has 1 N–H and O–H groups in total. The van der Waals surface area contributed by atoms with Crippen LogP contribution in [0, 0.1) is 5.82 Å². The predicted molar refractivity (Wildman–Crippen MR) is 146 cm³/mol. The summed E-state index contributed by atoms with van der Waals surface area (Å²) in [5, 5.41) is 11.2. The predicted octanol–water partition coefficient (Wildman–Crippen LogP) is 5.56. The molecule has 1 saturated heterocycles. The number of rotatable bonds is 14. The molecule has 1 amide bonds. The summed E-state index contributed by atoms with van der Waals surface area (Å²) < 4.78 is 24.4. The van der Waals surface area contributed by atoms with Crippen LogP contribution in [-0.4, -0.2) is 67.0 Å². The van der Waals surface area contributed by atoms with Gasteiger partial charge in [0, 0.05) is 12.1 Å². The van der Waals surface area contributed by atoms with Gasteiger partial charge in [-0.3, -0.25) is 9.59 Å². The number of halogens is 1. The Hall–Kier alpha value is -3.39. The quantitative estimate of drug-likeness (QED) is 0.197. The number of Topliss-reactive ketones (excluding diaryl/α,β-unsaturated/α-hetero) is 1. The summed E-state index contributed by atoms with van der Waals surface area (Å²) in [6.07, 6.45) is 5.12. The van der Waals surface area contributed by atoms with E-state index < -0.39 is 23.5 Å². The number of carbonyl (C=O) groups is 2. The van der Waals surface area contributed by atoms with Crippen LogP contribution < -0.4 is 9.47 Å². The van der Waals surface area contributed by atoms with E-state index in [-0.39, 0.29) is 16.9 Å². The van der Waals surface area contributed by atoms with Crippen LogP contribution in [0.3, 0.4) is 0 Å². The molecule has 0 unspecified atom stereocenters. The number of amides is 1. The lowest BCUT2D eigenvalue weighted by atomic mass is 9.95. The lowest BCUT2D eigenvalue weighted by Gasteiger charge is -2.28. The van der Waals surface area contributed by atoms with Crippen molar-refractivity contribution < 1.29 is 28.6 Å². The second-order valence-corrected chi connectivity index (χ2v) is 9.52. The second-order valence-electron chi connectivity index (χ2n) is 9.52. The zero-order valence-corrected chi connectivity index (χ0v) is 22.8. The molecule has 2 aromatic rings. The molecule has 38 heavy (non-hydrogen) atoms. The number of aliphatic hydroxyl groups excluding tert-OH is 1. The van der Waals surface area contributed by atoms with Crippen LogP contribution in [0.4, 0.5) is 4.39 Å². The molecule has 1 heterocycles. The summed E-state index contributed by atoms with van der Waals surface area (Å²) in [6, 6.07) is 9.57. The first-order valence-electron chi connectivity index (χ1n) is 13.3. The minimum Gasteiger partial charge on any atom is -0.507 e. The average Bonchev–Trinajstić information content (AvgIpc) is 3.18. The van der Waals surface area contributed by atoms with Gasteiger partial charge in [-0.15, -0.1) is 0 Å². The van der Waals surface area contributed by atoms with Crippen molar-refractivity contribution in [1.82, 2.24) is 9.80 Å². The Labute approximate surface area is 224 Å². The van der Waals surface area contributed by atoms with Crippen LogP contribution in [0.1, 0.15) is 63.1 Å². The van der Waals surface area contributed by atoms with Crippen LogP contribution in [-0.2, 0) is 9.59 Å². The maximum Gasteiger partial charge on any atom is 0.295 e. The van der Waals surface area contributed by atoms with E-state index in [1.807, 2.05) is 0 Å². The van der Waals surface area contributed by atoms with E-state index in [9.17, 15) is 19.1 Å². The summed E-state index contributed by atoms with van der Waals surface area (Å²) >= 11 is 0. The summed E-state index contributed by atoms with van der Waals surface area (Å²) in [4.78, 5) is 30.5. The molecular formula is C30H39FN2O5. The fraction of sp³-hybridized carbons (Fsp3) is 0.467. The third-order valence-corrected chi connectivity index (χ3v) is 6.91. The molecule has 8 heteroatoms. The first kappa shape index (κ1) is 29.2. The van der Waals surface area contributed by atoms with Crippen LogP contribution in [0.5, 0.6) is 11.5 Å². The van der Waals surface area contributed by atoms with Crippen molar-refractivity contribution in [3.63, 3.8) is 0 Å². The van der Waals surface area contributed by atoms with Crippen molar-refractivity contribution in [1.29, 1.82) is 0 Å². The normalized spacial score (nSPS) is 16.9. The van der Waals surface area contributed by atoms with Crippen molar-refractivity contribution in [2.45, 2.75) is 52.0 Å². The van der Waals surface area contributed by atoms with Crippen LogP contribution >= 0.6 is 0 Å². The number of hydrogen-bond donors (Lipinski definition) is 1. The second kappa shape index (κ2) is 14.0. The number of ketones is 1. The molecule has 0 bridgehead atoms. The standard InChI is InChI=1S/C30H39FN2O5/c1-5-7-16-32(17-8-6-2)18-9-19-33-27(22-12-15-24(37-3)25(20-22)38-4)26(29(35)30(33)36)28(34)21-10-13-23(31)14-11-21/h10-15,20,27,34H,5-9,16-19H2,1-4H3/t27-/m0/s1. The monoisotopic (exact) mass is 526 g/mol. The number of nitrogens with zero attached hydrogens (tertiary/aromatic N) is 2. The summed E-state index contributed by atoms with van der Waals surface area (Å²) in [6.45, 7) is 7.49. The Morgan fingerprint density at radius 3 is 2.11 bits per heavy atom. The van der Waals surface area contributed by atoms with E-state index in [4.69, 9.17) is 9.47 Å². The van der Waals surface area contributed by atoms with Gasteiger partial charge >= 0.3 is 0 Å². The van der Waals surface area contributed by atoms with Crippen LogP contribution in [0.25, 0.3) is 5.76 Å². The molecule has 0 spiro atoms. The molecule has 0 aliphatic carbocycles. The number of unbranched alkanes of at least 4 members (excludes halogenated alkanes) is 2. The molecule has 7 nitrogen and oxygen atoms in total. The minimum absolute atomic E-state index is 0.0253. The molecule has 0 saturated carbocycles. The van der Waals surface area contributed by atoms with E-state index in [0.29, 0.717) is 30.0 Å². The summed E-state index contributed by atoms with van der Waals surface area (Å²) in [7, 11) is 3.04. The van der Waals surface area contributed by atoms with E-state index in [1.54, 1.807) is 18.2 Å². The molecule has 0 radical (unpaired) electrons. The molecule has 0 aromatic heterocycles. The summed E-state index contributed by atoms with van der Waals surface area (Å²) in [5.41, 5.74) is 0.849. The topological polar surface area (TPSA) is 79.3 Å². The lowest BCUT2D eigenvalue weighted by molar-refractivity contribution is -0.140. The van der Waals surface area contributed by atoms with Gasteiger partial charge in [-0.1, -0.05) is 32.8 Å². The third-order valence-electron chi connectivity index (χ3n) is 6.91. The number of carbonyl (C=O) groups excluding carboxylic acids is 2. The molecule has 206 valence electrons. The highest BCUT2D eigenvalue weighted by Gasteiger charge is 2.46. The third kappa shape index (κ3) is 6.72. The molecule has 1 atom stereocenters. The molecule has 1 aliphatic rings. The largest absolute Gasteiger partial charge is 0.507 e. The van der Waals surface area contributed by atoms with E-state index >= 15 is 0 Å². The SMILES string of the molecule is CCCCN(CCCC)CCCN1C(=O)C(=O)C(=C(O)c2ccc(F)cc2)[C@@H]1c1ccc(OC)c(OC)c1. The van der Waals surface area contributed by atoms with E-state index in [1.165, 1.54) is 43.4 Å². The number of ether oxygens (including phenoxy) is 2. The highest BCUT2D eigenvalue weighted by molar-refractivity contribution is 6.46. The molecule has 2 aromatic carbocycles. The number of likely N-dealkylation sites (tertiary alicyclic amines) is 1. The van der Waals surface area contributed by atoms with Gasteiger partial charge in [0.25, 0.3) is 11.7 Å². The number of benzene rings is 2. The van der Waals surface area contributed by atoms with Gasteiger partial charge in [0.2, 0.25) is 0 Å². The zero-order chi connectivity index (χ0) is 27.7. The number of hydrogen-bond acceptors (Lipinski definition) is 6. The smallest absolute Gasteiger partial charge is 0.295 e. The number of aliphatic hydroxyl groups is 1. The highest BCUT2D eigenvalue weighted by atomic mass is 19.1. The van der Waals surface area contributed by atoms with Crippen molar-refractivity contribution in [3.05, 3.63) is 65.0 Å². The molecule has 3 rings (SSSR count). The number of methoxy groups -OCH3 is 2. The maximum absolute atomic E-state index is 13.5. The molecule has 1 fully saturated rings. The first-order chi connectivity index (χ1) is 18.4. The molecular weight excluding hydrogens is 487 g/mol. The van der Waals surface area contributed by atoms with Crippen molar-refractivity contribution in [2.75, 3.05) is 40.4 Å². The molecule has 1 aliphatic heterocycles. The Morgan fingerprint density at radius 2 is 1.53 bits per heavy atom. The Morgan fingerprint density at radius 1 is 0.921 bits per heavy atom. The zero-order valence-electron chi connectivity index (χ0n) is 22.8. The van der Waals surface area contributed by atoms with Gasteiger partial charge in [0.15, 0.2) is 11.5 Å². The van der Waals surface area contributed by atoms with Gasteiger partial charge < -0.3 is 24.4 Å². The van der Waals surface area contributed by atoms with Crippen molar-refractivity contribution >= 4 is 17.4 Å². The Bertz CT molecular complexity index is 1120. The fourth-order valence-corrected chi connectivity index (χ4v) is 4.81.